The van der Waals surface area contributed by atoms with E-state index < -0.39 is 7.82 Å². The summed E-state index contributed by atoms with van der Waals surface area (Å²) in [5, 5.41) is 7.63. The number of guanidine groups is 1. The first kappa shape index (κ1) is 16.9. The van der Waals surface area contributed by atoms with Gasteiger partial charge < -0.3 is 20.4 Å². The topological polar surface area (TPSA) is 131 Å². The second-order valence-corrected chi connectivity index (χ2v) is 4.93. The van der Waals surface area contributed by atoms with Gasteiger partial charge >= 0.3 is 7.82 Å². The highest BCUT2D eigenvalue weighted by atomic mass is 31.2. The van der Waals surface area contributed by atoms with Gasteiger partial charge in [0.2, 0.25) is 0 Å². The van der Waals surface area contributed by atoms with E-state index in [1.54, 1.807) is 4.90 Å². The Hall–Kier alpha value is -2.18. The fraction of sp³-hybridized carbons (Fsp3) is 0. The number of nitrogens with zero attached hydrogens (tertiary/aromatic N) is 1. The van der Waals surface area contributed by atoms with E-state index in [2.05, 4.69) is 0 Å². The first-order valence-corrected chi connectivity index (χ1v) is 7.38. The molecule has 0 fully saturated rings. The van der Waals surface area contributed by atoms with E-state index >= 15 is 0 Å². The van der Waals surface area contributed by atoms with Crippen molar-refractivity contribution in [3.05, 3.63) is 60.7 Å². The maximum atomic E-state index is 8.88. The van der Waals surface area contributed by atoms with Crippen molar-refractivity contribution in [1.29, 1.82) is 5.41 Å². The van der Waals surface area contributed by atoms with E-state index in [4.69, 9.17) is 30.4 Å². The molecule has 0 aliphatic carbocycles. The summed E-state index contributed by atoms with van der Waals surface area (Å²) in [6.45, 7) is 0. The van der Waals surface area contributed by atoms with Crippen LogP contribution in [0.4, 0.5) is 11.4 Å². The van der Waals surface area contributed by atoms with Crippen LogP contribution in [0.3, 0.4) is 0 Å². The maximum Gasteiger partial charge on any atom is 0.466 e. The Bertz CT molecular complexity index is 568. The molecule has 0 spiro atoms. The van der Waals surface area contributed by atoms with E-state index in [0.717, 1.165) is 11.4 Å². The molecule has 0 aromatic heterocycles. The average Bonchev–Trinajstić information content (AvgIpc) is 2.39. The zero-order valence-electron chi connectivity index (χ0n) is 11.0. The summed E-state index contributed by atoms with van der Waals surface area (Å²) in [5.74, 6) is 0.0115. The van der Waals surface area contributed by atoms with Crippen molar-refractivity contribution in [3.8, 4) is 0 Å². The highest BCUT2D eigenvalue weighted by Gasteiger charge is 2.10. The molecule has 2 aromatic carbocycles. The lowest BCUT2D eigenvalue weighted by atomic mass is 10.2. The van der Waals surface area contributed by atoms with Crippen molar-refractivity contribution in [3.63, 3.8) is 0 Å². The molecule has 0 heterocycles. The standard InChI is InChI=1S/C13H13N3.H3O4P/c14-13(15)16(11-7-3-1-4-8-11)12-9-5-2-6-10-12;1-5(2,3)4/h1-10H,(H3,14,15);(H3,1,2,3,4). The number of anilines is 2. The van der Waals surface area contributed by atoms with Crippen molar-refractivity contribution in [2.45, 2.75) is 0 Å². The number of nitrogens with one attached hydrogen (secondary N) is 1. The van der Waals surface area contributed by atoms with Crippen LogP contribution in [0, 0.1) is 5.41 Å². The Kier molecular flexibility index (Phi) is 6.08. The molecule has 0 amide bonds. The van der Waals surface area contributed by atoms with E-state index in [-0.39, 0.29) is 5.96 Å². The number of benzene rings is 2. The number of rotatable bonds is 2. The lowest BCUT2D eigenvalue weighted by Gasteiger charge is -2.22. The lowest BCUT2D eigenvalue weighted by molar-refractivity contribution is 0.275. The summed E-state index contributed by atoms with van der Waals surface area (Å²) in [5.41, 5.74) is 7.39. The van der Waals surface area contributed by atoms with Crippen LogP contribution >= 0.6 is 7.82 Å². The Labute approximate surface area is 122 Å². The minimum atomic E-state index is -4.64. The molecule has 8 heteroatoms. The normalized spacial score (nSPS) is 10.2. The highest BCUT2D eigenvalue weighted by Crippen LogP contribution is 2.26. The van der Waals surface area contributed by atoms with Gasteiger partial charge in [0, 0.05) is 11.4 Å². The third-order valence-corrected chi connectivity index (χ3v) is 2.27. The third-order valence-electron chi connectivity index (χ3n) is 2.27. The third kappa shape index (κ3) is 6.69. The minimum Gasteiger partial charge on any atom is -0.369 e. The molecular weight excluding hydrogens is 293 g/mol. The zero-order valence-corrected chi connectivity index (χ0v) is 11.9. The first-order valence-electron chi connectivity index (χ1n) is 5.81. The number of hydrogen-bond donors (Lipinski definition) is 5. The Morgan fingerprint density at radius 3 is 1.43 bits per heavy atom. The predicted octanol–water partition coefficient (Wildman–Crippen LogP) is 1.79. The molecule has 0 aliphatic rings. The SMILES string of the molecule is N=C(N)N(c1ccccc1)c1ccccc1.O=P(O)(O)O. The summed E-state index contributed by atoms with van der Waals surface area (Å²) in [6.07, 6.45) is 0. The predicted molar refractivity (Wildman–Crippen MR) is 81.2 cm³/mol. The molecule has 7 nitrogen and oxygen atoms in total. The van der Waals surface area contributed by atoms with Crippen LogP contribution in [0.2, 0.25) is 0 Å². The van der Waals surface area contributed by atoms with Gasteiger partial charge in [-0.1, -0.05) is 36.4 Å². The van der Waals surface area contributed by atoms with Crippen LogP contribution < -0.4 is 10.6 Å². The van der Waals surface area contributed by atoms with Gasteiger partial charge in [0.25, 0.3) is 0 Å². The van der Waals surface area contributed by atoms with Gasteiger partial charge in [0.1, 0.15) is 0 Å². The van der Waals surface area contributed by atoms with Crippen molar-refractivity contribution in [1.82, 2.24) is 0 Å². The number of para-hydroxylation sites is 2. The van der Waals surface area contributed by atoms with Gasteiger partial charge in [-0.3, -0.25) is 10.3 Å². The molecule has 2 rings (SSSR count). The molecule has 0 saturated carbocycles. The van der Waals surface area contributed by atoms with Gasteiger partial charge in [0.05, 0.1) is 0 Å². The van der Waals surface area contributed by atoms with Crippen LogP contribution in [0.25, 0.3) is 0 Å². The quantitative estimate of drug-likeness (QED) is 0.326. The van der Waals surface area contributed by atoms with Gasteiger partial charge in [-0.25, -0.2) is 4.57 Å². The van der Waals surface area contributed by atoms with Crippen molar-refractivity contribution < 1.29 is 19.2 Å². The number of nitrogens with two attached hydrogens (primary N) is 1. The van der Waals surface area contributed by atoms with Gasteiger partial charge in [-0.05, 0) is 24.3 Å². The van der Waals surface area contributed by atoms with E-state index in [1.807, 2.05) is 60.7 Å². The molecule has 0 bridgehead atoms. The molecule has 0 unspecified atom stereocenters. The van der Waals surface area contributed by atoms with Crippen LogP contribution in [0.1, 0.15) is 0 Å². The smallest absolute Gasteiger partial charge is 0.369 e. The van der Waals surface area contributed by atoms with Gasteiger partial charge in [0.15, 0.2) is 5.96 Å². The summed E-state index contributed by atoms with van der Waals surface area (Å²) >= 11 is 0. The fourth-order valence-electron chi connectivity index (χ4n) is 1.58. The summed E-state index contributed by atoms with van der Waals surface area (Å²) in [4.78, 5) is 23.3. The number of phosphoric acid groups is 1. The largest absolute Gasteiger partial charge is 0.466 e. The van der Waals surface area contributed by atoms with Crippen LogP contribution in [-0.2, 0) is 4.57 Å². The zero-order chi connectivity index (χ0) is 15.9. The van der Waals surface area contributed by atoms with E-state index in [0.29, 0.717) is 0 Å². The Morgan fingerprint density at radius 2 is 1.19 bits per heavy atom. The summed E-state index contributed by atoms with van der Waals surface area (Å²) in [6, 6.07) is 19.3. The monoisotopic (exact) mass is 309 g/mol. The Morgan fingerprint density at radius 1 is 0.905 bits per heavy atom. The highest BCUT2D eigenvalue weighted by molar-refractivity contribution is 7.45. The van der Waals surface area contributed by atoms with Crippen molar-refractivity contribution in [2.24, 2.45) is 5.73 Å². The summed E-state index contributed by atoms with van der Waals surface area (Å²) in [7, 11) is -4.64. The van der Waals surface area contributed by atoms with Gasteiger partial charge in [-0.15, -0.1) is 0 Å². The summed E-state index contributed by atoms with van der Waals surface area (Å²) < 4.78 is 8.88. The second-order valence-electron chi connectivity index (χ2n) is 3.91. The molecule has 0 radical (unpaired) electrons. The second kappa shape index (κ2) is 7.56. The van der Waals surface area contributed by atoms with Gasteiger partial charge in [-0.2, -0.15) is 0 Å². The lowest BCUT2D eigenvalue weighted by Crippen LogP contribution is -2.32. The molecule has 0 aliphatic heterocycles. The molecule has 2 aromatic rings. The molecule has 0 atom stereocenters. The van der Waals surface area contributed by atoms with Crippen molar-refractivity contribution >= 4 is 25.2 Å². The molecule has 112 valence electrons. The molecule has 0 saturated heterocycles. The fourth-order valence-corrected chi connectivity index (χ4v) is 1.58. The van der Waals surface area contributed by atoms with E-state index in [9.17, 15) is 0 Å². The molecule has 6 N–H and O–H groups in total. The van der Waals surface area contributed by atoms with E-state index in [1.165, 1.54) is 0 Å². The van der Waals surface area contributed by atoms with Crippen LogP contribution in [-0.4, -0.2) is 20.6 Å². The average molecular weight is 309 g/mol. The van der Waals surface area contributed by atoms with Crippen LogP contribution in [0.5, 0.6) is 0 Å². The minimum absolute atomic E-state index is 0.0115. The van der Waals surface area contributed by atoms with Crippen LogP contribution in [0.15, 0.2) is 60.7 Å². The Balaban J connectivity index is 0.000000383. The number of hydrogen-bond acceptors (Lipinski definition) is 2. The maximum absolute atomic E-state index is 8.88. The molecule has 21 heavy (non-hydrogen) atoms. The van der Waals surface area contributed by atoms with Crippen molar-refractivity contribution in [2.75, 3.05) is 4.90 Å². The first-order chi connectivity index (χ1) is 9.79. The molecular formula is C13H16N3O4P.